The molecule has 0 radical (unpaired) electrons. The van der Waals surface area contributed by atoms with Gasteiger partial charge in [-0.15, -0.1) is 0 Å². The van der Waals surface area contributed by atoms with Crippen LogP contribution in [0.4, 0.5) is 5.69 Å². The third kappa shape index (κ3) is 3.78. The Morgan fingerprint density at radius 1 is 1.33 bits per heavy atom. The predicted molar refractivity (Wildman–Crippen MR) is 78.1 cm³/mol. The van der Waals surface area contributed by atoms with Crippen molar-refractivity contribution in [3.05, 3.63) is 18.2 Å². The molecule has 0 aromatic heterocycles. The predicted octanol–water partition coefficient (Wildman–Crippen LogP) is 0.707. The van der Waals surface area contributed by atoms with E-state index in [0.717, 1.165) is 6.26 Å². The molecule has 2 rings (SSSR count). The van der Waals surface area contributed by atoms with Gasteiger partial charge in [0.25, 0.3) is 0 Å². The summed E-state index contributed by atoms with van der Waals surface area (Å²) >= 11 is 0. The van der Waals surface area contributed by atoms with Gasteiger partial charge in [-0.3, -0.25) is 9.10 Å². The van der Waals surface area contributed by atoms with Crippen LogP contribution in [0.25, 0.3) is 0 Å². The third-order valence-corrected chi connectivity index (χ3v) is 4.28. The second-order valence-electron chi connectivity index (χ2n) is 4.65. The standard InChI is InChI=1S/C13H18N2O5S/c1-14-13(16)4-3-7-15(21(2,17)18)10-5-6-11-12(8-10)20-9-19-11/h5-6,8H,3-4,7,9H2,1-2H3,(H,14,16). The van der Waals surface area contributed by atoms with Gasteiger partial charge in [0.1, 0.15) is 0 Å². The van der Waals surface area contributed by atoms with Crippen molar-refractivity contribution in [2.24, 2.45) is 0 Å². The molecule has 1 aromatic carbocycles. The number of ether oxygens (including phenoxy) is 2. The van der Waals surface area contributed by atoms with Crippen LogP contribution in [-0.4, -0.2) is 41.0 Å². The van der Waals surface area contributed by atoms with Crippen LogP contribution in [0.15, 0.2) is 18.2 Å². The Balaban J connectivity index is 2.15. The Morgan fingerprint density at radius 2 is 2.05 bits per heavy atom. The van der Waals surface area contributed by atoms with Crippen LogP contribution in [0.1, 0.15) is 12.8 Å². The Morgan fingerprint density at radius 3 is 2.71 bits per heavy atom. The number of hydrogen-bond acceptors (Lipinski definition) is 5. The van der Waals surface area contributed by atoms with E-state index in [1.165, 1.54) is 4.31 Å². The van der Waals surface area contributed by atoms with E-state index < -0.39 is 10.0 Å². The monoisotopic (exact) mass is 314 g/mol. The van der Waals surface area contributed by atoms with Gasteiger partial charge in [-0.25, -0.2) is 8.42 Å². The lowest BCUT2D eigenvalue weighted by Gasteiger charge is -2.22. The molecule has 0 saturated heterocycles. The number of amides is 1. The fourth-order valence-corrected chi connectivity index (χ4v) is 2.99. The van der Waals surface area contributed by atoms with Crippen LogP contribution in [0.2, 0.25) is 0 Å². The average Bonchev–Trinajstić information content (AvgIpc) is 2.89. The van der Waals surface area contributed by atoms with E-state index in [1.54, 1.807) is 25.2 Å². The van der Waals surface area contributed by atoms with Crippen LogP contribution in [0, 0.1) is 0 Å². The summed E-state index contributed by atoms with van der Waals surface area (Å²) in [4.78, 5) is 11.2. The SMILES string of the molecule is CNC(=O)CCCN(c1ccc2c(c1)OCO2)S(C)(=O)=O. The van der Waals surface area contributed by atoms with Crippen molar-refractivity contribution >= 4 is 21.6 Å². The lowest BCUT2D eigenvalue weighted by atomic mass is 10.2. The van der Waals surface area contributed by atoms with Crippen molar-refractivity contribution in [3.8, 4) is 11.5 Å². The van der Waals surface area contributed by atoms with Gasteiger partial charge in [0, 0.05) is 26.1 Å². The largest absolute Gasteiger partial charge is 0.454 e. The number of anilines is 1. The molecule has 0 aliphatic carbocycles. The summed E-state index contributed by atoms with van der Waals surface area (Å²) < 4.78 is 35.6. The maximum absolute atomic E-state index is 11.9. The van der Waals surface area contributed by atoms with E-state index >= 15 is 0 Å². The normalized spacial score (nSPS) is 13.0. The molecule has 1 amide bonds. The summed E-state index contributed by atoms with van der Waals surface area (Å²) in [6, 6.07) is 4.96. The number of carbonyl (C=O) groups excluding carboxylic acids is 1. The molecule has 0 spiro atoms. The van der Waals surface area contributed by atoms with Crippen molar-refractivity contribution in [3.63, 3.8) is 0 Å². The van der Waals surface area contributed by atoms with E-state index in [9.17, 15) is 13.2 Å². The fourth-order valence-electron chi connectivity index (χ4n) is 2.03. The molecule has 1 aliphatic rings. The summed E-state index contributed by atoms with van der Waals surface area (Å²) in [6.07, 6.45) is 1.84. The quantitative estimate of drug-likeness (QED) is 0.836. The molecular weight excluding hydrogens is 296 g/mol. The lowest BCUT2D eigenvalue weighted by Crippen LogP contribution is -2.31. The van der Waals surface area contributed by atoms with Crippen molar-refractivity contribution in [1.82, 2.24) is 5.32 Å². The minimum atomic E-state index is -3.43. The molecule has 1 aliphatic heterocycles. The molecular formula is C13H18N2O5S. The molecule has 116 valence electrons. The van der Waals surface area contributed by atoms with E-state index in [0.29, 0.717) is 23.6 Å². The van der Waals surface area contributed by atoms with Gasteiger partial charge in [0.15, 0.2) is 11.5 Å². The van der Waals surface area contributed by atoms with Gasteiger partial charge in [0.2, 0.25) is 22.7 Å². The molecule has 8 heteroatoms. The average molecular weight is 314 g/mol. The first-order valence-corrected chi connectivity index (χ1v) is 8.34. The zero-order valence-electron chi connectivity index (χ0n) is 12.0. The maximum Gasteiger partial charge on any atom is 0.232 e. The smallest absolute Gasteiger partial charge is 0.232 e. The maximum atomic E-state index is 11.9. The highest BCUT2D eigenvalue weighted by Gasteiger charge is 2.21. The van der Waals surface area contributed by atoms with Gasteiger partial charge >= 0.3 is 0 Å². The number of hydrogen-bond donors (Lipinski definition) is 1. The fraction of sp³-hybridized carbons (Fsp3) is 0.462. The molecule has 1 N–H and O–H groups in total. The van der Waals surface area contributed by atoms with Crippen LogP contribution in [0.3, 0.4) is 0 Å². The number of benzene rings is 1. The van der Waals surface area contributed by atoms with Gasteiger partial charge in [0.05, 0.1) is 11.9 Å². The zero-order chi connectivity index (χ0) is 15.5. The molecule has 21 heavy (non-hydrogen) atoms. The van der Waals surface area contributed by atoms with Crippen molar-refractivity contribution in [2.45, 2.75) is 12.8 Å². The molecule has 0 fully saturated rings. The van der Waals surface area contributed by atoms with Crippen molar-refractivity contribution in [1.29, 1.82) is 0 Å². The lowest BCUT2D eigenvalue weighted by molar-refractivity contribution is -0.120. The van der Waals surface area contributed by atoms with Crippen LogP contribution in [-0.2, 0) is 14.8 Å². The van der Waals surface area contributed by atoms with Crippen molar-refractivity contribution in [2.75, 3.05) is 30.9 Å². The number of fused-ring (bicyclic) bond motifs is 1. The second kappa shape index (κ2) is 6.21. The molecule has 0 atom stereocenters. The van der Waals surface area contributed by atoms with Gasteiger partial charge in [-0.1, -0.05) is 0 Å². The van der Waals surface area contributed by atoms with Gasteiger partial charge < -0.3 is 14.8 Å². The van der Waals surface area contributed by atoms with Crippen LogP contribution >= 0.6 is 0 Å². The minimum Gasteiger partial charge on any atom is -0.454 e. The summed E-state index contributed by atoms with van der Waals surface area (Å²) in [5.41, 5.74) is 0.499. The second-order valence-corrected chi connectivity index (χ2v) is 6.56. The van der Waals surface area contributed by atoms with Crippen molar-refractivity contribution < 1.29 is 22.7 Å². The zero-order valence-corrected chi connectivity index (χ0v) is 12.8. The Kier molecular flexibility index (Phi) is 4.56. The van der Waals surface area contributed by atoms with E-state index in [-0.39, 0.29) is 25.7 Å². The number of nitrogens with zero attached hydrogens (tertiary/aromatic N) is 1. The first kappa shape index (κ1) is 15.4. The highest BCUT2D eigenvalue weighted by Crippen LogP contribution is 2.36. The summed E-state index contributed by atoms with van der Waals surface area (Å²) in [5, 5.41) is 2.51. The topological polar surface area (TPSA) is 84.9 Å². The highest BCUT2D eigenvalue weighted by molar-refractivity contribution is 7.92. The van der Waals surface area contributed by atoms with E-state index in [1.807, 2.05) is 0 Å². The Hall–Kier alpha value is -1.96. The van der Waals surface area contributed by atoms with Crippen LogP contribution < -0.4 is 19.1 Å². The Bertz CT molecular complexity index is 629. The number of rotatable bonds is 6. The third-order valence-electron chi connectivity index (χ3n) is 3.09. The molecule has 0 bridgehead atoms. The molecule has 7 nitrogen and oxygen atoms in total. The minimum absolute atomic E-state index is 0.117. The summed E-state index contributed by atoms with van der Waals surface area (Å²) in [6.45, 7) is 0.361. The molecule has 1 heterocycles. The summed E-state index contributed by atoms with van der Waals surface area (Å²) in [7, 11) is -1.88. The molecule has 1 aromatic rings. The first-order chi connectivity index (χ1) is 9.91. The van der Waals surface area contributed by atoms with E-state index in [4.69, 9.17) is 9.47 Å². The first-order valence-electron chi connectivity index (χ1n) is 6.50. The number of sulfonamides is 1. The highest BCUT2D eigenvalue weighted by atomic mass is 32.2. The molecule has 0 saturated carbocycles. The summed E-state index contributed by atoms with van der Waals surface area (Å²) in [5.74, 6) is 0.999. The van der Waals surface area contributed by atoms with Gasteiger partial charge in [-0.05, 0) is 18.6 Å². The number of nitrogens with one attached hydrogen (secondary N) is 1. The Labute approximate surface area is 123 Å². The molecule has 0 unspecified atom stereocenters. The van der Waals surface area contributed by atoms with Gasteiger partial charge in [-0.2, -0.15) is 0 Å². The van der Waals surface area contributed by atoms with Crippen LogP contribution in [0.5, 0.6) is 11.5 Å². The number of carbonyl (C=O) groups is 1. The van der Waals surface area contributed by atoms with E-state index in [2.05, 4.69) is 5.32 Å².